The van der Waals surface area contributed by atoms with E-state index in [1.165, 1.54) is 10.8 Å². The number of hydrogen-bond acceptors (Lipinski definition) is 0. The zero-order valence-corrected chi connectivity index (χ0v) is 17.5. The van der Waals surface area contributed by atoms with Crippen LogP contribution in [-0.2, 0) is 16.8 Å². The number of benzene rings is 1. The molecule has 0 N–H and O–H groups in total. The second-order valence-corrected chi connectivity index (χ2v) is 7.16. The first kappa shape index (κ1) is 27.0. The van der Waals surface area contributed by atoms with Crippen molar-refractivity contribution in [2.75, 3.05) is 0 Å². The Bertz CT molecular complexity index is 481. The summed E-state index contributed by atoms with van der Waals surface area (Å²) in [6, 6.07) is 14.7. The fourth-order valence-corrected chi connectivity index (χ4v) is 1.41. The van der Waals surface area contributed by atoms with Crippen molar-refractivity contribution in [1.29, 1.82) is 0 Å². The van der Waals surface area contributed by atoms with Crippen molar-refractivity contribution >= 4 is 52.5 Å². The summed E-state index contributed by atoms with van der Waals surface area (Å²) in [6.07, 6.45) is 11.0. The fourth-order valence-electron chi connectivity index (χ4n) is 1.41. The number of allylic oxidation sites excluding steroid dienone is 4. The number of fused-ring (bicyclic) bond motifs is 1. The van der Waals surface area contributed by atoms with Gasteiger partial charge >= 0.3 is 33.8 Å². The first-order valence-corrected chi connectivity index (χ1v) is 11.4. The minimum absolute atomic E-state index is 0. The Morgan fingerprint density at radius 1 is 1.32 bits per heavy atom. The zero-order chi connectivity index (χ0) is 15.1. The molecule has 0 aliphatic heterocycles. The van der Waals surface area contributed by atoms with Crippen molar-refractivity contribution in [2.45, 2.75) is 19.8 Å². The van der Waals surface area contributed by atoms with Gasteiger partial charge in [-0.1, -0.05) is 13.0 Å². The van der Waals surface area contributed by atoms with Crippen LogP contribution in [-0.4, -0.2) is 7.63 Å². The molecule has 3 rings (SSSR count). The molecule has 2 radical (unpaired) electrons. The number of halogens is 3. The molecule has 22 heavy (non-hydrogen) atoms. The summed E-state index contributed by atoms with van der Waals surface area (Å²) < 4.78 is 0. The van der Waals surface area contributed by atoms with Crippen LogP contribution in [0.3, 0.4) is 0 Å². The molecule has 0 fully saturated rings. The second kappa shape index (κ2) is 21.1. The molecule has 0 saturated heterocycles. The molecule has 0 aromatic heterocycles. The van der Waals surface area contributed by atoms with Gasteiger partial charge in [0.2, 0.25) is 0 Å². The molecule has 0 nitrogen and oxygen atoms in total. The third-order valence-corrected chi connectivity index (χ3v) is 2.13. The van der Waals surface area contributed by atoms with Crippen LogP contribution in [0.1, 0.15) is 19.8 Å². The minimum Gasteiger partial charge on any atom is -0.168 e. The Morgan fingerprint density at radius 3 is 2.32 bits per heavy atom. The predicted octanol–water partition coefficient (Wildman–Crippen LogP) is 6.24. The van der Waals surface area contributed by atoms with E-state index in [2.05, 4.69) is 69.2 Å². The molecule has 0 bridgehead atoms. The van der Waals surface area contributed by atoms with Gasteiger partial charge in [0.05, 0.1) is 0 Å². The molecule has 2 aromatic carbocycles. The predicted molar refractivity (Wildman–Crippen MR) is 103 cm³/mol. The summed E-state index contributed by atoms with van der Waals surface area (Å²) in [5.41, 5.74) is 0. The Kier molecular flexibility index (Phi) is 25.9. The van der Waals surface area contributed by atoms with Gasteiger partial charge in [0.1, 0.15) is 0 Å². The number of hydrogen-bond donors (Lipinski definition) is 0. The molecule has 1 aliphatic carbocycles. The van der Waals surface area contributed by atoms with E-state index in [9.17, 15) is 0 Å². The zero-order valence-electron chi connectivity index (χ0n) is 12.6. The van der Waals surface area contributed by atoms with E-state index in [4.69, 9.17) is 9.30 Å². The maximum Gasteiger partial charge on any atom is -0.0809 e. The first-order valence-electron chi connectivity index (χ1n) is 6.43. The quantitative estimate of drug-likeness (QED) is 0.358. The van der Waals surface area contributed by atoms with Crippen molar-refractivity contribution in [2.24, 2.45) is 0 Å². The topological polar surface area (TPSA) is 0 Å². The molecule has 0 unspecified atom stereocenters. The Balaban J connectivity index is -0.000000242. The van der Waals surface area contributed by atoms with Crippen LogP contribution in [0.2, 0.25) is 0 Å². The van der Waals surface area contributed by atoms with Crippen LogP contribution in [0.15, 0.2) is 60.7 Å². The maximum absolute atomic E-state index is 5.04. The van der Waals surface area contributed by atoms with Gasteiger partial charge in [-0.2, -0.15) is 30.0 Å². The molecule has 0 spiro atoms. The third kappa shape index (κ3) is 15.0. The average Bonchev–Trinajstić information content (AvgIpc) is 3.15. The fraction of sp³-hybridized carbons (Fsp3) is 0.176. The van der Waals surface area contributed by atoms with Crippen LogP contribution < -0.4 is 0 Å². The monoisotopic (exact) mass is 406 g/mol. The van der Waals surface area contributed by atoms with Gasteiger partial charge in [0.15, 0.2) is 0 Å². The molecule has 0 amide bonds. The van der Waals surface area contributed by atoms with Gasteiger partial charge in [0.25, 0.3) is 0 Å². The molecule has 2 aromatic rings. The summed E-state index contributed by atoms with van der Waals surface area (Å²) in [5, 5.41) is 2.66. The van der Waals surface area contributed by atoms with Gasteiger partial charge in [-0.3, -0.25) is 6.08 Å². The molecule has 0 heterocycles. The van der Waals surface area contributed by atoms with Crippen LogP contribution in [0.4, 0.5) is 0 Å². The van der Waals surface area contributed by atoms with Crippen molar-refractivity contribution in [3.8, 4) is 0 Å². The second-order valence-electron chi connectivity index (χ2n) is 3.75. The van der Waals surface area contributed by atoms with Crippen LogP contribution >= 0.6 is 34.1 Å². The summed E-state index contributed by atoms with van der Waals surface area (Å²) in [4.78, 5) is 0. The van der Waals surface area contributed by atoms with Crippen LogP contribution in [0.5, 0.6) is 0 Å². The van der Waals surface area contributed by atoms with Crippen molar-refractivity contribution in [1.82, 2.24) is 0 Å². The van der Waals surface area contributed by atoms with E-state index in [0.717, 1.165) is 12.8 Å². The molecular weight excluding hydrogens is 386 g/mol. The van der Waals surface area contributed by atoms with Gasteiger partial charge < -0.3 is 6.92 Å². The summed E-state index contributed by atoms with van der Waals surface area (Å²) in [7, 11) is 8.11. The van der Waals surface area contributed by atoms with Crippen molar-refractivity contribution in [3.63, 3.8) is 0 Å². The normalized spacial score (nSPS) is 9.41. The molecule has 121 valence electrons. The SMILES string of the molecule is Cl.Cl.[C-]1=CC=CC1.[CH2-]CC.[Si]=[Ti][Cl].c1ccc2[cH-]ccc2c1. The first-order chi connectivity index (χ1) is 9.79. The van der Waals surface area contributed by atoms with E-state index in [0.29, 0.717) is 0 Å². The Hall–Kier alpha value is 0.111. The molecule has 1 aliphatic rings. The van der Waals surface area contributed by atoms with Crippen molar-refractivity contribution in [3.05, 3.63) is 73.7 Å². The largest absolute Gasteiger partial charge is 0.168 e. The van der Waals surface area contributed by atoms with Crippen LogP contribution in [0.25, 0.3) is 10.8 Å². The summed E-state index contributed by atoms with van der Waals surface area (Å²) >= 11 is -0.222. The smallest absolute Gasteiger partial charge is 0.0809 e. The van der Waals surface area contributed by atoms with E-state index < -0.39 is 0 Å². The van der Waals surface area contributed by atoms with E-state index >= 15 is 0 Å². The van der Waals surface area contributed by atoms with Gasteiger partial charge in [-0.15, -0.1) is 60.9 Å². The van der Waals surface area contributed by atoms with E-state index in [1.807, 2.05) is 19.1 Å². The van der Waals surface area contributed by atoms with Gasteiger partial charge in [-0.25, -0.2) is 12.2 Å². The Morgan fingerprint density at radius 2 is 1.91 bits per heavy atom. The molecule has 0 atom stereocenters. The van der Waals surface area contributed by atoms with Gasteiger partial charge in [0, 0.05) is 0 Å². The summed E-state index contributed by atoms with van der Waals surface area (Å²) in [6.45, 7) is 5.50. The van der Waals surface area contributed by atoms with E-state index in [1.54, 1.807) is 0 Å². The number of rotatable bonds is 0. The summed E-state index contributed by atoms with van der Waals surface area (Å²) in [5.74, 6) is 0. The third-order valence-electron chi connectivity index (χ3n) is 2.13. The molecule has 5 heteroatoms. The average molecular weight is 408 g/mol. The van der Waals surface area contributed by atoms with Crippen molar-refractivity contribution < 1.29 is 16.8 Å². The van der Waals surface area contributed by atoms with Gasteiger partial charge in [-0.05, 0) is 0 Å². The molecular formula is C17H21Cl3SiTi-3. The standard InChI is InChI=1S/C9H7.C5H5.C3H7.3ClH.Si.Ti/c1-2-5-9-7-3-6-8(9)4-1;1-2-4-5-3-1;1-3-2;;;;;/h1-7H;1-3H,4H2;1,3H2,2H3;3*1H;;/q3*-1;;;;;+1/p-1. The van der Waals surface area contributed by atoms with E-state index in [-0.39, 0.29) is 41.6 Å². The molecule has 0 saturated carbocycles. The Labute approximate surface area is 162 Å². The van der Waals surface area contributed by atoms with Crippen LogP contribution in [0, 0.1) is 13.0 Å². The maximum atomic E-state index is 5.04. The minimum atomic E-state index is -0.222.